The first-order valence-corrected chi connectivity index (χ1v) is 9.19. The van der Waals surface area contributed by atoms with Crippen molar-refractivity contribution in [2.75, 3.05) is 0 Å². The highest BCUT2D eigenvalue weighted by atomic mass is 35.5. The Morgan fingerprint density at radius 1 is 0.654 bits per heavy atom. The minimum atomic E-state index is 0.0693. The number of rotatable bonds is 3. The normalized spacial score (nSPS) is 16.8. The Morgan fingerprint density at radius 3 is 1.88 bits per heavy atom. The average molecular weight is 379 g/mol. The summed E-state index contributed by atoms with van der Waals surface area (Å²) in [4.78, 5) is 0. The van der Waals surface area contributed by atoms with Crippen molar-refractivity contribution in [1.82, 2.24) is 0 Å². The van der Waals surface area contributed by atoms with Gasteiger partial charge >= 0.3 is 0 Å². The van der Waals surface area contributed by atoms with Crippen molar-refractivity contribution in [1.29, 1.82) is 0 Å². The maximum atomic E-state index is 6.44. The lowest BCUT2D eigenvalue weighted by molar-refractivity contribution is 0.895. The molecule has 0 fully saturated rings. The topological polar surface area (TPSA) is 24.7 Å². The molecule has 0 aliphatic carbocycles. The van der Waals surface area contributed by atoms with Gasteiger partial charge in [-0.05, 0) is 17.7 Å². The Hall–Kier alpha value is -2.42. The van der Waals surface area contributed by atoms with E-state index in [0.29, 0.717) is 10.0 Å². The number of hydrogen-bond acceptors (Lipinski definition) is 2. The van der Waals surface area contributed by atoms with E-state index in [0.717, 1.165) is 29.0 Å². The molecule has 0 aromatic heterocycles. The van der Waals surface area contributed by atoms with Crippen LogP contribution in [0.15, 0.2) is 89.1 Å². The van der Waals surface area contributed by atoms with E-state index in [1.54, 1.807) is 0 Å². The Balaban J connectivity index is 1.84. The van der Waals surface area contributed by atoms with Gasteiger partial charge in [0.05, 0.1) is 11.4 Å². The van der Waals surface area contributed by atoms with Crippen LogP contribution in [0.5, 0.6) is 0 Å². The zero-order chi connectivity index (χ0) is 17.9. The van der Waals surface area contributed by atoms with Crippen LogP contribution < -0.4 is 0 Å². The third-order valence-corrected chi connectivity index (χ3v) is 5.20. The van der Waals surface area contributed by atoms with Gasteiger partial charge < -0.3 is 0 Å². The van der Waals surface area contributed by atoms with E-state index in [4.69, 9.17) is 23.2 Å². The first-order chi connectivity index (χ1) is 12.7. The van der Waals surface area contributed by atoms with Crippen molar-refractivity contribution in [2.45, 2.75) is 12.3 Å². The van der Waals surface area contributed by atoms with E-state index < -0.39 is 0 Å². The Morgan fingerprint density at radius 2 is 1.23 bits per heavy atom. The van der Waals surface area contributed by atoms with E-state index >= 15 is 0 Å². The first-order valence-electron chi connectivity index (χ1n) is 8.43. The monoisotopic (exact) mass is 378 g/mol. The zero-order valence-electron chi connectivity index (χ0n) is 13.9. The highest BCUT2D eigenvalue weighted by molar-refractivity contribution is 6.35. The molecule has 4 rings (SSSR count). The summed E-state index contributed by atoms with van der Waals surface area (Å²) < 4.78 is 0. The second-order valence-electron chi connectivity index (χ2n) is 6.16. The molecule has 0 amide bonds. The number of nitrogens with zero attached hydrogens (tertiary/aromatic N) is 2. The molecule has 2 nitrogen and oxygen atoms in total. The standard InChI is InChI=1S/C22H16Cl2N2/c23-19-12-6-4-10-16(19)21-14-18(15-8-2-1-3-9-15)22(26-25-21)17-11-5-7-13-20(17)24/h1-13,18H,14H2. The van der Waals surface area contributed by atoms with Gasteiger partial charge in [0.2, 0.25) is 0 Å². The van der Waals surface area contributed by atoms with E-state index in [1.165, 1.54) is 5.56 Å². The minimum absolute atomic E-state index is 0.0693. The predicted molar refractivity (Wildman–Crippen MR) is 110 cm³/mol. The summed E-state index contributed by atoms with van der Waals surface area (Å²) in [6.07, 6.45) is 0.720. The maximum Gasteiger partial charge on any atom is 0.0796 e. The number of hydrogen-bond donors (Lipinski definition) is 0. The van der Waals surface area contributed by atoms with Crippen molar-refractivity contribution in [3.05, 3.63) is 106 Å². The molecule has 3 aromatic carbocycles. The van der Waals surface area contributed by atoms with Gasteiger partial charge in [-0.3, -0.25) is 0 Å². The molecule has 0 N–H and O–H groups in total. The molecule has 4 heteroatoms. The molecule has 0 saturated carbocycles. The molecular weight excluding hydrogens is 363 g/mol. The van der Waals surface area contributed by atoms with Gasteiger partial charge in [-0.25, -0.2) is 0 Å². The lowest BCUT2D eigenvalue weighted by Gasteiger charge is -2.24. The van der Waals surface area contributed by atoms with Gasteiger partial charge in [0.1, 0.15) is 0 Å². The third kappa shape index (κ3) is 3.31. The summed E-state index contributed by atoms with van der Waals surface area (Å²) in [5.41, 5.74) is 4.81. The largest absolute Gasteiger partial charge is 0.155 e. The SMILES string of the molecule is Clc1ccccc1C1=NN=C(c2ccccc2Cl)C(c2ccccc2)C1. The van der Waals surface area contributed by atoms with E-state index in [1.807, 2.05) is 66.7 Å². The van der Waals surface area contributed by atoms with Gasteiger partial charge in [-0.2, -0.15) is 10.2 Å². The van der Waals surface area contributed by atoms with Crippen LogP contribution in [-0.4, -0.2) is 11.4 Å². The fourth-order valence-corrected chi connectivity index (χ4v) is 3.72. The second kappa shape index (κ2) is 7.45. The molecule has 0 radical (unpaired) electrons. The van der Waals surface area contributed by atoms with Crippen LogP contribution in [0, 0.1) is 0 Å². The van der Waals surface area contributed by atoms with E-state index in [2.05, 4.69) is 22.3 Å². The van der Waals surface area contributed by atoms with E-state index in [9.17, 15) is 0 Å². The quantitative estimate of drug-likeness (QED) is 0.505. The summed E-state index contributed by atoms with van der Waals surface area (Å²) in [5.74, 6) is 0.0693. The maximum absolute atomic E-state index is 6.44. The smallest absolute Gasteiger partial charge is 0.0796 e. The highest BCUT2D eigenvalue weighted by Crippen LogP contribution is 2.33. The van der Waals surface area contributed by atoms with Crippen LogP contribution >= 0.6 is 23.2 Å². The van der Waals surface area contributed by atoms with Crippen molar-refractivity contribution in [2.24, 2.45) is 10.2 Å². The predicted octanol–water partition coefficient (Wildman–Crippen LogP) is 6.37. The van der Waals surface area contributed by atoms with Crippen LogP contribution in [0.3, 0.4) is 0 Å². The molecule has 0 bridgehead atoms. The fraction of sp³-hybridized carbons (Fsp3) is 0.0909. The lowest BCUT2D eigenvalue weighted by Crippen LogP contribution is -2.22. The number of halogens is 2. The summed E-state index contributed by atoms with van der Waals surface area (Å²) in [6.45, 7) is 0. The lowest BCUT2D eigenvalue weighted by atomic mass is 9.84. The van der Waals surface area contributed by atoms with Crippen molar-refractivity contribution >= 4 is 34.6 Å². The van der Waals surface area contributed by atoms with Crippen LogP contribution in [0.25, 0.3) is 0 Å². The summed E-state index contributed by atoms with van der Waals surface area (Å²) >= 11 is 12.8. The zero-order valence-corrected chi connectivity index (χ0v) is 15.5. The Bertz CT molecular complexity index is 994. The second-order valence-corrected chi connectivity index (χ2v) is 6.97. The van der Waals surface area contributed by atoms with Gasteiger partial charge in [0, 0.05) is 33.5 Å². The van der Waals surface area contributed by atoms with Crippen LogP contribution in [0.2, 0.25) is 10.0 Å². The van der Waals surface area contributed by atoms with Gasteiger partial charge in [-0.1, -0.05) is 89.9 Å². The van der Waals surface area contributed by atoms with Crippen molar-refractivity contribution < 1.29 is 0 Å². The molecule has 1 heterocycles. The van der Waals surface area contributed by atoms with Gasteiger partial charge in [-0.15, -0.1) is 0 Å². The van der Waals surface area contributed by atoms with Gasteiger partial charge in [0.15, 0.2) is 0 Å². The van der Waals surface area contributed by atoms with E-state index in [-0.39, 0.29) is 5.92 Å². The first kappa shape index (κ1) is 17.0. The molecule has 1 aliphatic heterocycles. The molecule has 3 aromatic rings. The Labute approximate surface area is 162 Å². The average Bonchev–Trinajstić information content (AvgIpc) is 2.69. The molecule has 0 saturated heterocycles. The van der Waals surface area contributed by atoms with Crippen molar-refractivity contribution in [3.8, 4) is 0 Å². The molecular formula is C22H16Cl2N2. The third-order valence-electron chi connectivity index (χ3n) is 4.54. The fourth-order valence-electron chi connectivity index (χ4n) is 3.25. The number of benzene rings is 3. The molecule has 0 spiro atoms. The highest BCUT2D eigenvalue weighted by Gasteiger charge is 2.28. The summed E-state index contributed by atoms with van der Waals surface area (Å²) in [6, 6.07) is 25.9. The van der Waals surface area contributed by atoms with Crippen molar-refractivity contribution in [3.63, 3.8) is 0 Å². The molecule has 1 aliphatic rings. The van der Waals surface area contributed by atoms with Crippen LogP contribution in [-0.2, 0) is 0 Å². The molecule has 128 valence electrons. The summed E-state index contributed by atoms with van der Waals surface area (Å²) in [7, 11) is 0. The molecule has 26 heavy (non-hydrogen) atoms. The van der Waals surface area contributed by atoms with Crippen LogP contribution in [0.1, 0.15) is 29.0 Å². The van der Waals surface area contributed by atoms with Gasteiger partial charge in [0.25, 0.3) is 0 Å². The molecule has 1 unspecified atom stereocenters. The minimum Gasteiger partial charge on any atom is -0.155 e. The summed E-state index contributed by atoms with van der Waals surface area (Å²) in [5, 5.41) is 10.4. The molecule has 1 atom stereocenters. The Kier molecular flexibility index (Phi) is 4.87. The van der Waals surface area contributed by atoms with Crippen LogP contribution in [0.4, 0.5) is 0 Å².